The van der Waals surface area contributed by atoms with Gasteiger partial charge in [-0.1, -0.05) is 101 Å². The molecule has 0 bridgehead atoms. The molecule has 3 aromatic rings. The molecular formula is C37H48F3NO3. The first-order valence-electron chi connectivity index (χ1n) is 16.3. The maximum Gasteiger partial charge on any atom is 0.414 e. The molecule has 3 rings (SSSR count). The lowest BCUT2D eigenvalue weighted by Gasteiger charge is -2.16. The summed E-state index contributed by atoms with van der Waals surface area (Å²) >= 11 is 0. The van der Waals surface area contributed by atoms with Crippen LogP contribution in [0.25, 0.3) is 22.4 Å². The SMILES string of the molecule is CCCCCCCCCCc1ccc(-c2ccc(-c3ccc(C(=O)OCCCCCCOC(C)C(F)(F)F)cc3)nc2)cc1. The Hall–Kier alpha value is -3.19. The van der Waals surface area contributed by atoms with Gasteiger partial charge in [0.05, 0.1) is 17.9 Å². The Morgan fingerprint density at radius 2 is 1.27 bits per heavy atom. The molecule has 0 fully saturated rings. The molecule has 1 heterocycles. The summed E-state index contributed by atoms with van der Waals surface area (Å²) in [4.78, 5) is 17.0. The fourth-order valence-electron chi connectivity index (χ4n) is 5.00. The molecular weight excluding hydrogens is 563 g/mol. The predicted octanol–water partition coefficient (Wildman–Crippen LogP) is 10.8. The van der Waals surface area contributed by atoms with Crippen molar-refractivity contribution in [2.24, 2.45) is 0 Å². The Labute approximate surface area is 261 Å². The lowest BCUT2D eigenvalue weighted by Crippen LogP contribution is -2.28. The van der Waals surface area contributed by atoms with Crippen LogP contribution in [0.3, 0.4) is 0 Å². The molecule has 0 radical (unpaired) electrons. The first kappa shape index (κ1) is 35.3. The molecule has 44 heavy (non-hydrogen) atoms. The summed E-state index contributed by atoms with van der Waals surface area (Å²) in [6, 6.07) is 20.0. The van der Waals surface area contributed by atoms with Crippen LogP contribution < -0.4 is 0 Å². The van der Waals surface area contributed by atoms with Gasteiger partial charge in [-0.15, -0.1) is 0 Å². The second-order valence-electron chi connectivity index (χ2n) is 11.5. The molecule has 1 atom stereocenters. The molecule has 2 aromatic carbocycles. The smallest absolute Gasteiger partial charge is 0.414 e. The highest BCUT2D eigenvalue weighted by Crippen LogP contribution is 2.25. The topological polar surface area (TPSA) is 48.4 Å². The Balaban J connectivity index is 1.35. The Bertz CT molecular complexity index is 1210. The van der Waals surface area contributed by atoms with Gasteiger partial charge in [0.2, 0.25) is 0 Å². The van der Waals surface area contributed by atoms with Gasteiger partial charge < -0.3 is 9.47 Å². The number of nitrogens with zero attached hydrogens (tertiary/aromatic N) is 1. The van der Waals surface area contributed by atoms with E-state index in [4.69, 9.17) is 9.47 Å². The van der Waals surface area contributed by atoms with Crippen molar-refractivity contribution in [1.82, 2.24) is 4.98 Å². The van der Waals surface area contributed by atoms with Crippen molar-refractivity contribution in [3.8, 4) is 22.4 Å². The van der Waals surface area contributed by atoms with Crippen molar-refractivity contribution in [3.05, 3.63) is 78.0 Å². The van der Waals surface area contributed by atoms with E-state index in [1.165, 1.54) is 56.9 Å². The summed E-state index contributed by atoms with van der Waals surface area (Å²) in [7, 11) is 0. The van der Waals surface area contributed by atoms with E-state index >= 15 is 0 Å². The van der Waals surface area contributed by atoms with Crippen molar-refractivity contribution in [1.29, 1.82) is 0 Å². The van der Waals surface area contributed by atoms with Gasteiger partial charge >= 0.3 is 12.1 Å². The minimum Gasteiger partial charge on any atom is -0.462 e. The van der Waals surface area contributed by atoms with E-state index in [1.807, 2.05) is 24.4 Å². The molecule has 1 unspecified atom stereocenters. The number of aromatic nitrogens is 1. The van der Waals surface area contributed by atoms with Crippen LogP contribution in [0, 0.1) is 0 Å². The summed E-state index contributed by atoms with van der Waals surface area (Å²) in [6.07, 6.45) is 10.3. The molecule has 0 aliphatic heterocycles. The number of ether oxygens (including phenoxy) is 2. The third kappa shape index (κ3) is 12.8. The van der Waals surface area contributed by atoms with Gasteiger partial charge in [-0.05, 0) is 68.4 Å². The number of unbranched alkanes of at least 4 members (excludes halogenated alkanes) is 10. The Kier molecular flexibility index (Phi) is 15.4. The highest BCUT2D eigenvalue weighted by atomic mass is 19.4. The van der Waals surface area contributed by atoms with Gasteiger partial charge in [-0.25, -0.2) is 4.79 Å². The molecule has 7 heteroatoms. The Morgan fingerprint density at radius 1 is 0.705 bits per heavy atom. The van der Waals surface area contributed by atoms with Gasteiger partial charge in [0, 0.05) is 23.9 Å². The molecule has 0 saturated heterocycles. The molecule has 0 aliphatic rings. The second-order valence-corrected chi connectivity index (χ2v) is 11.5. The third-order valence-electron chi connectivity index (χ3n) is 7.89. The van der Waals surface area contributed by atoms with Gasteiger partial charge in [-0.3, -0.25) is 4.98 Å². The first-order chi connectivity index (χ1) is 21.3. The van der Waals surface area contributed by atoms with Crippen LogP contribution in [0.5, 0.6) is 0 Å². The van der Waals surface area contributed by atoms with Crippen LogP contribution in [-0.4, -0.2) is 36.4 Å². The van der Waals surface area contributed by atoms with Crippen LogP contribution in [0.2, 0.25) is 0 Å². The lowest BCUT2D eigenvalue weighted by atomic mass is 10.0. The molecule has 4 nitrogen and oxygen atoms in total. The molecule has 0 N–H and O–H groups in total. The minimum absolute atomic E-state index is 0.0664. The van der Waals surface area contributed by atoms with Gasteiger partial charge in [0.15, 0.2) is 6.10 Å². The number of carbonyl (C=O) groups is 1. The first-order valence-corrected chi connectivity index (χ1v) is 16.3. The minimum atomic E-state index is -4.33. The Morgan fingerprint density at radius 3 is 1.89 bits per heavy atom. The lowest BCUT2D eigenvalue weighted by molar-refractivity contribution is -0.214. The highest BCUT2D eigenvalue weighted by molar-refractivity contribution is 5.90. The van der Waals surface area contributed by atoms with E-state index in [9.17, 15) is 18.0 Å². The second kappa shape index (κ2) is 19.3. The number of pyridine rings is 1. The average molecular weight is 612 g/mol. The molecule has 0 aliphatic carbocycles. The summed E-state index contributed by atoms with van der Waals surface area (Å²) in [5.41, 5.74) is 5.80. The largest absolute Gasteiger partial charge is 0.462 e. The number of alkyl halides is 3. The quantitative estimate of drug-likeness (QED) is 0.0942. The zero-order chi connectivity index (χ0) is 31.6. The fraction of sp³-hybridized carbons (Fsp3) is 0.514. The van der Waals surface area contributed by atoms with Gasteiger partial charge in [0.1, 0.15) is 0 Å². The van der Waals surface area contributed by atoms with E-state index in [0.29, 0.717) is 24.8 Å². The van der Waals surface area contributed by atoms with Crippen molar-refractivity contribution in [2.75, 3.05) is 13.2 Å². The van der Waals surface area contributed by atoms with Crippen LogP contribution in [-0.2, 0) is 15.9 Å². The third-order valence-corrected chi connectivity index (χ3v) is 7.89. The van der Waals surface area contributed by atoms with Crippen molar-refractivity contribution < 1.29 is 27.4 Å². The molecule has 0 spiro atoms. The number of esters is 1. The maximum atomic E-state index is 12.4. The summed E-state index contributed by atoms with van der Waals surface area (Å²) in [5, 5.41) is 0. The number of carbonyl (C=O) groups excluding carboxylic acids is 1. The zero-order valence-corrected chi connectivity index (χ0v) is 26.3. The predicted molar refractivity (Wildman–Crippen MR) is 172 cm³/mol. The van der Waals surface area contributed by atoms with E-state index < -0.39 is 18.2 Å². The number of hydrogen-bond acceptors (Lipinski definition) is 4. The van der Waals surface area contributed by atoms with Crippen LogP contribution in [0.4, 0.5) is 13.2 Å². The highest BCUT2D eigenvalue weighted by Gasteiger charge is 2.36. The number of rotatable bonds is 20. The molecule has 240 valence electrons. The number of aryl methyl sites for hydroxylation is 1. The average Bonchev–Trinajstić information content (AvgIpc) is 3.03. The van der Waals surface area contributed by atoms with Crippen LogP contribution >= 0.6 is 0 Å². The van der Waals surface area contributed by atoms with E-state index in [0.717, 1.165) is 42.1 Å². The van der Waals surface area contributed by atoms with E-state index in [2.05, 4.69) is 42.2 Å². The van der Waals surface area contributed by atoms with E-state index in [1.54, 1.807) is 12.1 Å². The van der Waals surface area contributed by atoms with Crippen molar-refractivity contribution in [2.45, 2.75) is 110 Å². The summed E-state index contributed by atoms with van der Waals surface area (Å²) in [5.74, 6) is -0.395. The number of benzene rings is 2. The summed E-state index contributed by atoms with van der Waals surface area (Å²) < 4.78 is 47.4. The standard InChI is InChI=1S/C37H48F3NO3/c1-3-4-5-6-7-8-9-12-15-30-16-18-31(19-17-30)34-24-25-35(41-28-34)32-20-22-33(23-21-32)36(42)44-27-14-11-10-13-26-43-29(2)37(38,39)40/h16-25,28-29H,3-15,26-27H2,1-2H3. The van der Waals surface area contributed by atoms with Crippen LogP contribution in [0.1, 0.15) is 107 Å². The maximum absolute atomic E-state index is 12.4. The number of halogens is 3. The molecule has 0 saturated carbocycles. The number of hydrogen-bond donors (Lipinski definition) is 0. The van der Waals surface area contributed by atoms with Crippen molar-refractivity contribution >= 4 is 5.97 Å². The van der Waals surface area contributed by atoms with Gasteiger partial charge in [0.25, 0.3) is 0 Å². The summed E-state index contributed by atoms with van der Waals surface area (Å²) in [6.45, 7) is 3.60. The van der Waals surface area contributed by atoms with Gasteiger partial charge in [-0.2, -0.15) is 13.2 Å². The van der Waals surface area contributed by atoms with E-state index in [-0.39, 0.29) is 13.2 Å². The molecule has 0 amide bonds. The fourth-order valence-corrected chi connectivity index (χ4v) is 5.00. The molecule has 1 aromatic heterocycles. The zero-order valence-electron chi connectivity index (χ0n) is 26.3. The van der Waals surface area contributed by atoms with Crippen LogP contribution in [0.15, 0.2) is 66.9 Å². The monoisotopic (exact) mass is 611 g/mol. The van der Waals surface area contributed by atoms with Crippen molar-refractivity contribution in [3.63, 3.8) is 0 Å². The normalized spacial score (nSPS) is 12.3.